The van der Waals surface area contributed by atoms with E-state index in [0.717, 1.165) is 114 Å². The molecule has 3 aliphatic rings. The van der Waals surface area contributed by atoms with Crippen molar-refractivity contribution in [2.24, 2.45) is 0 Å². The molecular weight excluding hydrogens is 1060 g/mol. The second-order valence-corrected chi connectivity index (χ2v) is 21.8. The molecule has 19 heteroatoms. The summed E-state index contributed by atoms with van der Waals surface area (Å²) in [6.45, 7) is 2.74. The topological polar surface area (TPSA) is 117 Å². The van der Waals surface area contributed by atoms with Crippen molar-refractivity contribution < 1.29 is 32.2 Å². The number of rotatable bonds is 24. The van der Waals surface area contributed by atoms with Crippen LogP contribution in [-0.4, -0.2) is 111 Å². The predicted molar refractivity (Wildman–Crippen MR) is 308 cm³/mol. The Kier molecular flexibility index (Phi) is 18.7. The van der Waals surface area contributed by atoms with Gasteiger partial charge in [0.1, 0.15) is 5.75 Å². The average Bonchev–Trinajstić information content (AvgIpc) is 4.27. The molecule has 0 bridgehead atoms. The number of nitrogens with one attached hydrogen (secondary N) is 2. The molecule has 2 N–H and O–H groups in total. The van der Waals surface area contributed by atoms with Crippen LogP contribution in [0.25, 0.3) is 35.2 Å². The molecule has 3 amide bonds. The van der Waals surface area contributed by atoms with Crippen LogP contribution < -0.4 is 15.4 Å². The Bertz CT molecular complexity index is 3180. The number of ether oxygens (including phenoxy) is 1. The molecule has 9 rings (SSSR count). The molecule has 0 atom stereocenters. The van der Waals surface area contributed by atoms with E-state index in [4.69, 9.17) is 44.6 Å². The fourth-order valence-corrected chi connectivity index (χ4v) is 11.4. The number of unbranched alkanes of at least 4 members (excludes halogenated alkanes) is 7. The smallest absolute Gasteiger partial charge is 0.484 e. The highest BCUT2D eigenvalue weighted by Gasteiger charge is 2.52. The number of fused-ring (bicyclic) bond motifs is 2. The first-order chi connectivity index (χ1) is 37.3. The van der Waals surface area contributed by atoms with Crippen LogP contribution in [0.15, 0.2) is 114 Å². The number of aromatic nitrogens is 3. The molecule has 3 aromatic carbocycles. The van der Waals surface area contributed by atoms with Gasteiger partial charge in [-0.1, -0.05) is 103 Å². The number of carbonyl (C=O) groups excluding carboxylic acids is 3. The van der Waals surface area contributed by atoms with Gasteiger partial charge < -0.3 is 37.9 Å². The lowest BCUT2D eigenvalue weighted by atomic mass is 9.90. The van der Waals surface area contributed by atoms with Crippen LogP contribution in [0.3, 0.4) is 0 Å². The molecule has 1 fully saturated rings. The van der Waals surface area contributed by atoms with Gasteiger partial charge in [-0.2, -0.15) is 5.10 Å². The highest BCUT2D eigenvalue weighted by atomic mass is 35.5. The zero-order chi connectivity index (χ0) is 53.9. The van der Waals surface area contributed by atoms with E-state index >= 15 is 8.63 Å². The third kappa shape index (κ3) is 13.7. The zero-order valence-corrected chi connectivity index (χ0v) is 46.1. The number of thiophene rings is 1. The number of halogens is 5. The quantitative estimate of drug-likeness (QED) is 0.0461. The summed E-state index contributed by atoms with van der Waals surface area (Å²) in [6.07, 6.45) is 18.1. The Balaban J connectivity index is 0.586. The Morgan fingerprint density at radius 1 is 0.779 bits per heavy atom. The third-order valence-corrected chi connectivity index (χ3v) is 15.9. The molecule has 3 aliphatic heterocycles. The van der Waals surface area contributed by atoms with Crippen LogP contribution >= 0.6 is 46.1 Å². The maximum atomic E-state index is 16.1. The molecule has 6 aromatic rings. The van der Waals surface area contributed by atoms with Crippen LogP contribution in [0.4, 0.5) is 8.63 Å². The second-order valence-electron chi connectivity index (χ2n) is 19.6. The van der Waals surface area contributed by atoms with Gasteiger partial charge in [0.25, 0.3) is 11.8 Å². The predicted octanol–water partition coefficient (Wildman–Crippen LogP) is 12.5. The van der Waals surface area contributed by atoms with Crippen molar-refractivity contribution in [3.63, 3.8) is 0 Å². The van der Waals surface area contributed by atoms with Crippen molar-refractivity contribution in [1.29, 1.82) is 0 Å². The highest BCUT2D eigenvalue weighted by molar-refractivity contribution is 7.12. The molecule has 12 nitrogen and oxygen atoms in total. The Morgan fingerprint density at radius 2 is 1.48 bits per heavy atom. The number of benzene rings is 3. The normalized spacial score (nSPS) is 15.0. The molecule has 0 spiro atoms. The van der Waals surface area contributed by atoms with E-state index < -0.39 is 6.97 Å². The molecule has 6 heterocycles. The summed E-state index contributed by atoms with van der Waals surface area (Å²) in [5, 5.41) is 14.2. The molecule has 0 unspecified atom stereocenters. The molecule has 1 saturated heterocycles. The fraction of sp³-hybridized carbons (Fsp3) is 0.328. The second kappa shape index (κ2) is 25.9. The number of carbonyl (C=O) groups is 3. The zero-order valence-electron chi connectivity index (χ0n) is 43.0. The lowest BCUT2D eigenvalue weighted by molar-refractivity contribution is -0.360. The standard InChI is InChI=1S/C58H62BCl3F2N8O4S/c1-41-56(67-72(51-28-21-45(61)38-50(51)62)57(41)43-17-19-44(60)20-18-43)58(75)69-35-33-68(34-36-69)32-10-5-3-2-4-8-30-65-54(73)13-7-6-9-31-66-55(74)40-76-49-26-15-42(16-27-49)14-22-46-23-24-47-39-48-25-29-52(53-12-11-37-77-53)71(48)59(63,64)70(46)47/h11-12,14-29,37-39H,2-10,13,30-36,40H2,1H3,(H,65,73)(H,66,74)/b22-14+. The molecule has 402 valence electrons. The maximum absolute atomic E-state index is 16.1. The fourth-order valence-electron chi connectivity index (χ4n) is 10.1. The SMILES string of the molecule is Cc1c(C(=O)N2CCN(CCCCCCCCNC(=O)CCCCCNC(=O)COc3ccc(/C=C/c4ccc5n4[B-](F)(F)[N+]4=C(c6cccs6)C=CC4=C5)cc3)CC2)nn(-c2ccc(Cl)cc2Cl)c1-c1ccc(Cl)cc1. The minimum atomic E-state index is -4.12. The van der Waals surface area contributed by atoms with Crippen LogP contribution in [-0.2, 0) is 9.59 Å². The van der Waals surface area contributed by atoms with Gasteiger partial charge in [0.15, 0.2) is 23.7 Å². The van der Waals surface area contributed by atoms with Crippen LogP contribution in [0.1, 0.15) is 102 Å². The van der Waals surface area contributed by atoms with Gasteiger partial charge in [-0.15, -0.1) is 11.3 Å². The number of hydrogen-bond donors (Lipinski definition) is 2. The number of nitrogens with zero attached hydrogens (tertiary/aromatic N) is 6. The summed E-state index contributed by atoms with van der Waals surface area (Å²) in [4.78, 5) is 43.9. The largest absolute Gasteiger partial charge is 0.737 e. The van der Waals surface area contributed by atoms with Gasteiger partial charge in [-0.05, 0) is 117 Å². The van der Waals surface area contributed by atoms with Crippen LogP contribution in [0.2, 0.25) is 15.1 Å². The van der Waals surface area contributed by atoms with E-state index in [-0.39, 0.29) is 24.3 Å². The van der Waals surface area contributed by atoms with Crippen molar-refractivity contribution in [3.05, 3.63) is 162 Å². The molecule has 0 radical (unpaired) electrons. The van der Waals surface area contributed by atoms with Gasteiger partial charge in [0, 0.05) is 96.5 Å². The number of piperazine rings is 1. The van der Waals surface area contributed by atoms with E-state index in [1.54, 1.807) is 77.5 Å². The first-order valence-electron chi connectivity index (χ1n) is 26.4. The van der Waals surface area contributed by atoms with E-state index in [1.165, 1.54) is 11.3 Å². The van der Waals surface area contributed by atoms with E-state index in [2.05, 4.69) is 15.5 Å². The van der Waals surface area contributed by atoms with Gasteiger partial charge in [-0.3, -0.25) is 19.3 Å². The average molecular weight is 1120 g/mol. The summed E-state index contributed by atoms with van der Waals surface area (Å²) in [6, 6.07) is 27.0. The molecule has 0 saturated carbocycles. The van der Waals surface area contributed by atoms with Gasteiger partial charge in [0.05, 0.1) is 21.3 Å². The van der Waals surface area contributed by atoms with E-state index in [0.29, 0.717) is 87.6 Å². The molecule has 0 aliphatic carbocycles. The summed E-state index contributed by atoms with van der Waals surface area (Å²) >= 11 is 20.5. The lowest BCUT2D eigenvalue weighted by Crippen LogP contribution is -2.50. The van der Waals surface area contributed by atoms with Crippen LogP contribution in [0.5, 0.6) is 5.75 Å². The lowest BCUT2D eigenvalue weighted by Gasteiger charge is -2.34. The minimum Gasteiger partial charge on any atom is -0.484 e. The molecule has 3 aromatic heterocycles. The summed E-state index contributed by atoms with van der Waals surface area (Å²) in [7, 11) is 0. The van der Waals surface area contributed by atoms with E-state index in [1.807, 2.05) is 65.7 Å². The first kappa shape index (κ1) is 55.5. The van der Waals surface area contributed by atoms with Crippen molar-refractivity contribution >= 4 is 94.8 Å². The maximum Gasteiger partial charge on any atom is 0.737 e. The first-order valence-corrected chi connectivity index (χ1v) is 28.5. The minimum absolute atomic E-state index is 0.0604. The van der Waals surface area contributed by atoms with Gasteiger partial charge in [-0.25, -0.2) is 4.68 Å². The summed E-state index contributed by atoms with van der Waals surface area (Å²) in [5.74, 6) is 0.257. The van der Waals surface area contributed by atoms with Crippen molar-refractivity contribution in [1.82, 2.24) is 34.7 Å². The summed E-state index contributed by atoms with van der Waals surface area (Å²) < 4.78 is 42.0. The van der Waals surface area contributed by atoms with Crippen molar-refractivity contribution in [2.45, 2.75) is 71.1 Å². The monoisotopic (exact) mass is 1120 g/mol. The van der Waals surface area contributed by atoms with Crippen molar-refractivity contribution in [2.75, 3.05) is 52.4 Å². The highest BCUT2D eigenvalue weighted by Crippen LogP contribution is 2.36. The van der Waals surface area contributed by atoms with Gasteiger partial charge in [0.2, 0.25) is 5.91 Å². The Morgan fingerprint density at radius 3 is 2.21 bits per heavy atom. The molecular formula is C58H62BCl3F2N8O4S. The van der Waals surface area contributed by atoms with Gasteiger partial charge >= 0.3 is 6.97 Å². The number of allylic oxidation sites excluding steroid dienone is 2. The Hall–Kier alpha value is -6.30. The molecule has 77 heavy (non-hydrogen) atoms. The Labute approximate surface area is 467 Å². The van der Waals surface area contributed by atoms with Crippen molar-refractivity contribution in [3.8, 4) is 22.7 Å². The third-order valence-electron chi connectivity index (χ3n) is 14.2. The van der Waals surface area contributed by atoms with E-state index in [9.17, 15) is 14.4 Å². The van der Waals surface area contributed by atoms with Crippen LogP contribution in [0, 0.1) is 6.92 Å². The number of hydrogen-bond acceptors (Lipinski definition) is 7. The summed E-state index contributed by atoms with van der Waals surface area (Å²) in [5.41, 5.74) is 6.07. The number of amides is 3.